The lowest BCUT2D eigenvalue weighted by Crippen LogP contribution is -2.06. The first-order valence-electron chi connectivity index (χ1n) is 9.93. The summed E-state index contributed by atoms with van der Waals surface area (Å²) >= 11 is 1.40. The van der Waals surface area contributed by atoms with Crippen molar-refractivity contribution in [2.24, 2.45) is 7.05 Å². The van der Waals surface area contributed by atoms with E-state index in [1.807, 2.05) is 90.7 Å². The SMILES string of the molecule is COc1ccc(-c2nnc(SCC(=O)c3cc(C)n(C)c3C)n2-c2ccccc2)cc1. The summed E-state index contributed by atoms with van der Waals surface area (Å²) in [7, 11) is 3.62. The highest BCUT2D eigenvalue weighted by Crippen LogP contribution is 2.29. The lowest BCUT2D eigenvalue weighted by atomic mass is 10.2. The van der Waals surface area contributed by atoms with E-state index in [9.17, 15) is 4.79 Å². The molecule has 2 aromatic carbocycles. The normalized spacial score (nSPS) is 11.0. The minimum Gasteiger partial charge on any atom is -0.497 e. The number of hydrogen-bond acceptors (Lipinski definition) is 5. The fourth-order valence-electron chi connectivity index (χ4n) is 3.45. The number of hydrogen-bond donors (Lipinski definition) is 0. The second kappa shape index (κ2) is 8.81. The van der Waals surface area contributed by atoms with Gasteiger partial charge in [0.05, 0.1) is 12.9 Å². The van der Waals surface area contributed by atoms with Gasteiger partial charge in [0, 0.05) is 35.2 Å². The molecule has 0 unspecified atom stereocenters. The fourth-order valence-corrected chi connectivity index (χ4v) is 4.28. The molecule has 2 aromatic heterocycles. The van der Waals surface area contributed by atoms with E-state index in [0.29, 0.717) is 5.16 Å². The van der Waals surface area contributed by atoms with Crippen LogP contribution in [0.5, 0.6) is 5.75 Å². The van der Waals surface area contributed by atoms with Crippen molar-refractivity contribution in [3.63, 3.8) is 0 Å². The molecular formula is C24H24N4O2S. The van der Waals surface area contributed by atoms with Crippen LogP contribution in [0.1, 0.15) is 21.7 Å². The Kier molecular flexibility index (Phi) is 5.95. The molecule has 158 valence electrons. The number of benzene rings is 2. The lowest BCUT2D eigenvalue weighted by Gasteiger charge is -2.10. The van der Waals surface area contributed by atoms with Gasteiger partial charge >= 0.3 is 0 Å². The summed E-state index contributed by atoms with van der Waals surface area (Å²) in [6, 6.07) is 19.6. The first kappa shape index (κ1) is 20.9. The predicted molar refractivity (Wildman–Crippen MR) is 123 cm³/mol. The Morgan fingerprint density at radius 3 is 2.35 bits per heavy atom. The van der Waals surface area contributed by atoms with Gasteiger partial charge < -0.3 is 9.30 Å². The van der Waals surface area contributed by atoms with Crippen LogP contribution in [0.2, 0.25) is 0 Å². The Hall–Kier alpha value is -3.32. The number of aromatic nitrogens is 4. The van der Waals surface area contributed by atoms with Crippen LogP contribution in [0.3, 0.4) is 0 Å². The third kappa shape index (κ3) is 4.14. The molecule has 0 saturated heterocycles. The molecule has 0 amide bonds. The van der Waals surface area contributed by atoms with Crippen molar-refractivity contribution in [3.05, 3.63) is 77.6 Å². The van der Waals surface area contributed by atoms with Gasteiger partial charge in [0.15, 0.2) is 16.8 Å². The number of ether oxygens (including phenoxy) is 1. The first-order valence-corrected chi connectivity index (χ1v) is 10.9. The molecule has 0 fully saturated rings. The molecule has 0 aliphatic rings. The molecule has 2 heterocycles. The monoisotopic (exact) mass is 432 g/mol. The maximum absolute atomic E-state index is 12.9. The standard InChI is InChI=1S/C24H24N4O2S/c1-16-14-21(17(2)27(16)3)22(29)15-31-24-26-25-23(18-10-12-20(30-4)13-11-18)28(24)19-8-6-5-7-9-19/h5-14H,15H2,1-4H3. The smallest absolute Gasteiger partial charge is 0.196 e. The van der Waals surface area contributed by atoms with E-state index in [1.165, 1.54) is 11.8 Å². The van der Waals surface area contributed by atoms with E-state index in [4.69, 9.17) is 4.74 Å². The Morgan fingerprint density at radius 1 is 1.03 bits per heavy atom. The van der Waals surface area contributed by atoms with E-state index in [-0.39, 0.29) is 11.5 Å². The van der Waals surface area contributed by atoms with Crippen molar-refractivity contribution < 1.29 is 9.53 Å². The Balaban J connectivity index is 1.66. The third-order valence-electron chi connectivity index (χ3n) is 5.40. The van der Waals surface area contributed by atoms with Crippen LogP contribution in [0.15, 0.2) is 65.8 Å². The van der Waals surface area contributed by atoms with Gasteiger partial charge in [-0.1, -0.05) is 30.0 Å². The summed E-state index contributed by atoms with van der Waals surface area (Å²) in [4.78, 5) is 12.9. The van der Waals surface area contributed by atoms with Crippen LogP contribution in [0.4, 0.5) is 0 Å². The average Bonchev–Trinajstić information content (AvgIpc) is 3.34. The molecular weight excluding hydrogens is 408 g/mol. The van der Waals surface area contributed by atoms with Crippen LogP contribution in [-0.2, 0) is 7.05 Å². The number of carbonyl (C=O) groups is 1. The van der Waals surface area contributed by atoms with Crippen LogP contribution in [0, 0.1) is 13.8 Å². The minimum atomic E-state index is 0.0832. The summed E-state index contributed by atoms with van der Waals surface area (Å²) < 4.78 is 9.29. The fraction of sp³-hybridized carbons (Fsp3) is 0.208. The summed E-state index contributed by atoms with van der Waals surface area (Å²) in [5.74, 6) is 1.87. The zero-order valence-electron chi connectivity index (χ0n) is 18.0. The van der Waals surface area contributed by atoms with Crippen molar-refractivity contribution in [1.29, 1.82) is 0 Å². The van der Waals surface area contributed by atoms with Gasteiger partial charge in [-0.25, -0.2) is 0 Å². The summed E-state index contributed by atoms with van der Waals surface area (Å²) in [5.41, 5.74) is 4.67. The molecule has 0 spiro atoms. The zero-order valence-corrected chi connectivity index (χ0v) is 18.8. The van der Waals surface area contributed by atoms with Crippen molar-refractivity contribution in [2.75, 3.05) is 12.9 Å². The molecule has 0 saturated carbocycles. The molecule has 7 heteroatoms. The largest absolute Gasteiger partial charge is 0.497 e. The number of nitrogens with zero attached hydrogens (tertiary/aromatic N) is 4. The minimum absolute atomic E-state index is 0.0832. The second-order valence-corrected chi connectivity index (χ2v) is 8.20. The van der Waals surface area contributed by atoms with E-state index in [2.05, 4.69) is 10.2 Å². The van der Waals surface area contributed by atoms with Crippen LogP contribution in [0.25, 0.3) is 17.1 Å². The third-order valence-corrected chi connectivity index (χ3v) is 6.33. The van der Waals surface area contributed by atoms with Gasteiger partial charge in [0.25, 0.3) is 0 Å². The van der Waals surface area contributed by atoms with Crippen molar-refractivity contribution in [2.45, 2.75) is 19.0 Å². The number of rotatable bonds is 7. The van der Waals surface area contributed by atoms with Crippen LogP contribution >= 0.6 is 11.8 Å². The Labute approximate surface area is 185 Å². The van der Waals surface area contributed by atoms with E-state index in [1.54, 1.807) is 7.11 Å². The van der Waals surface area contributed by atoms with E-state index >= 15 is 0 Å². The molecule has 6 nitrogen and oxygen atoms in total. The zero-order chi connectivity index (χ0) is 22.0. The molecule has 0 radical (unpaired) electrons. The van der Waals surface area contributed by atoms with Gasteiger partial charge in [-0.15, -0.1) is 10.2 Å². The molecule has 4 aromatic rings. The number of aryl methyl sites for hydroxylation is 1. The van der Waals surface area contributed by atoms with Gasteiger partial charge in [-0.3, -0.25) is 9.36 Å². The Morgan fingerprint density at radius 2 is 1.74 bits per heavy atom. The van der Waals surface area contributed by atoms with E-state index in [0.717, 1.165) is 39.8 Å². The molecule has 31 heavy (non-hydrogen) atoms. The topological polar surface area (TPSA) is 61.9 Å². The predicted octanol–water partition coefficient (Wildman–Crippen LogP) is 4.87. The lowest BCUT2D eigenvalue weighted by molar-refractivity contribution is 0.102. The number of carbonyl (C=O) groups excluding carboxylic acids is 1. The number of methoxy groups -OCH3 is 1. The second-order valence-electron chi connectivity index (χ2n) is 7.26. The van der Waals surface area contributed by atoms with Gasteiger partial charge in [-0.2, -0.15) is 0 Å². The molecule has 4 rings (SSSR count). The summed E-state index contributed by atoms with van der Waals surface area (Å²) in [5, 5.41) is 9.53. The molecule has 0 N–H and O–H groups in total. The highest BCUT2D eigenvalue weighted by molar-refractivity contribution is 7.99. The Bertz CT molecular complexity index is 1210. The molecule has 0 atom stereocenters. The van der Waals surface area contributed by atoms with Crippen molar-refractivity contribution in [3.8, 4) is 22.8 Å². The summed E-state index contributed by atoms with van der Waals surface area (Å²) in [6.45, 7) is 3.98. The molecule has 0 aliphatic heterocycles. The maximum atomic E-state index is 12.9. The number of thioether (sulfide) groups is 1. The quantitative estimate of drug-likeness (QED) is 0.308. The van der Waals surface area contributed by atoms with Gasteiger partial charge in [-0.05, 0) is 56.3 Å². The maximum Gasteiger partial charge on any atom is 0.196 e. The van der Waals surface area contributed by atoms with Crippen molar-refractivity contribution >= 4 is 17.5 Å². The highest BCUT2D eigenvalue weighted by atomic mass is 32.2. The summed E-state index contributed by atoms with van der Waals surface area (Å²) in [6.07, 6.45) is 0. The number of para-hydroxylation sites is 1. The number of Topliss-reactive ketones (excluding diaryl/α,β-unsaturated/α-hetero) is 1. The number of ketones is 1. The molecule has 0 bridgehead atoms. The average molecular weight is 433 g/mol. The van der Waals surface area contributed by atoms with E-state index < -0.39 is 0 Å². The van der Waals surface area contributed by atoms with Gasteiger partial charge in [0.1, 0.15) is 5.75 Å². The first-order chi connectivity index (χ1) is 15.0. The van der Waals surface area contributed by atoms with Crippen LogP contribution < -0.4 is 4.74 Å². The molecule has 0 aliphatic carbocycles. The van der Waals surface area contributed by atoms with Crippen molar-refractivity contribution in [1.82, 2.24) is 19.3 Å². The van der Waals surface area contributed by atoms with Gasteiger partial charge in [0.2, 0.25) is 0 Å². The van der Waals surface area contributed by atoms with Crippen LogP contribution in [-0.4, -0.2) is 38.0 Å². The highest BCUT2D eigenvalue weighted by Gasteiger charge is 2.19.